The lowest BCUT2D eigenvalue weighted by atomic mass is 10.1. The first-order valence-electron chi connectivity index (χ1n) is 4.64. The number of aromatic nitrogens is 1. The minimum absolute atomic E-state index is 0.360. The van der Waals surface area contributed by atoms with Crippen molar-refractivity contribution in [3.8, 4) is 0 Å². The van der Waals surface area contributed by atoms with Crippen molar-refractivity contribution in [1.29, 1.82) is 0 Å². The average Bonchev–Trinajstić information content (AvgIpc) is 2.21. The van der Waals surface area contributed by atoms with Crippen molar-refractivity contribution in [2.45, 2.75) is 12.8 Å². The van der Waals surface area contributed by atoms with Gasteiger partial charge in [0.15, 0.2) is 0 Å². The zero-order chi connectivity index (χ0) is 9.97. The lowest BCUT2D eigenvalue weighted by molar-refractivity contribution is -0.119. The van der Waals surface area contributed by atoms with Crippen LogP contribution >= 0.6 is 15.9 Å². The average molecular weight is 255 g/mol. The molecule has 14 heavy (non-hydrogen) atoms. The summed E-state index contributed by atoms with van der Waals surface area (Å²) in [6, 6.07) is 3.94. The largest absolute Gasteiger partial charge is 0.356 e. The van der Waals surface area contributed by atoms with Crippen molar-refractivity contribution in [3.05, 3.63) is 22.8 Å². The number of pyridine rings is 1. The van der Waals surface area contributed by atoms with E-state index in [9.17, 15) is 4.79 Å². The maximum absolute atomic E-state index is 11.0. The van der Waals surface area contributed by atoms with Crippen LogP contribution in [0.4, 0.5) is 5.82 Å². The van der Waals surface area contributed by atoms with E-state index in [2.05, 4.69) is 25.8 Å². The molecule has 0 radical (unpaired) electrons. The fraction of sp³-hybridized carbons (Fsp3) is 0.400. The summed E-state index contributed by atoms with van der Waals surface area (Å²) in [6.45, 7) is 1.60. The number of piperidine rings is 1. The molecule has 3 nitrogen and oxygen atoms in total. The van der Waals surface area contributed by atoms with E-state index >= 15 is 0 Å². The van der Waals surface area contributed by atoms with Crippen LogP contribution in [0.15, 0.2) is 22.8 Å². The normalized spacial score (nSPS) is 17.2. The van der Waals surface area contributed by atoms with Crippen molar-refractivity contribution in [2.75, 3.05) is 18.0 Å². The number of carbonyl (C=O) groups is 1. The van der Waals surface area contributed by atoms with Crippen LogP contribution in [0.5, 0.6) is 0 Å². The van der Waals surface area contributed by atoms with Crippen LogP contribution < -0.4 is 4.90 Å². The van der Waals surface area contributed by atoms with Crippen LogP contribution in [-0.4, -0.2) is 23.9 Å². The molecule has 0 N–H and O–H groups in total. The molecule has 1 fully saturated rings. The van der Waals surface area contributed by atoms with Crippen LogP contribution in [0.25, 0.3) is 0 Å². The summed E-state index contributed by atoms with van der Waals surface area (Å²) in [5, 5.41) is 0. The minimum Gasteiger partial charge on any atom is -0.356 e. The molecule has 74 valence electrons. The highest BCUT2D eigenvalue weighted by molar-refractivity contribution is 9.10. The summed E-state index contributed by atoms with van der Waals surface area (Å²) >= 11 is 3.34. The fourth-order valence-corrected chi connectivity index (χ4v) is 1.77. The number of carbonyl (C=O) groups excluding carboxylic acids is 1. The van der Waals surface area contributed by atoms with E-state index in [4.69, 9.17) is 0 Å². The SMILES string of the molecule is O=C1CCN(c2ccc(Br)cn2)CC1. The van der Waals surface area contributed by atoms with Gasteiger partial charge in [0, 0.05) is 36.6 Å². The van der Waals surface area contributed by atoms with E-state index in [0.717, 1.165) is 23.4 Å². The third kappa shape index (κ3) is 2.12. The van der Waals surface area contributed by atoms with Gasteiger partial charge in [-0.15, -0.1) is 0 Å². The van der Waals surface area contributed by atoms with Crippen LogP contribution in [0.3, 0.4) is 0 Å². The molecule has 0 amide bonds. The summed E-state index contributed by atoms with van der Waals surface area (Å²) in [4.78, 5) is 17.5. The molecular weight excluding hydrogens is 244 g/mol. The van der Waals surface area contributed by atoms with Gasteiger partial charge in [-0.1, -0.05) is 0 Å². The summed E-state index contributed by atoms with van der Waals surface area (Å²) in [5.74, 6) is 1.32. The molecule has 0 bridgehead atoms. The second kappa shape index (κ2) is 4.09. The van der Waals surface area contributed by atoms with Gasteiger partial charge >= 0.3 is 0 Å². The molecule has 0 unspecified atom stereocenters. The van der Waals surface area contributed by atoms with Gasteiger partial charge < -0.3 is 4.90 Å². The Labute approximate surface area is 91.3 Å². The highest BCUT2D eigenvalue weighted by atomic mass is 79.9. The zero-order valence-electron chi connectivity index (χ0n) is 7.74. The van der Waals surface area contributed by atoms with Crippen LogP contribution in [0, 0.1) is 0 Å². The van der Waals surface area contributed by atoms with Gasteiger partial charge in [0.05, 0.1) is 0 Å². The zero-order valence-corrected chi connectivity index (χ0v) is 9.33. The molecule has 1 aliphatic heterocycles. The highest BCUT2D eigenvalue weighted by Crippen LogP contribution is 2.17. The maximum atomic E-state index is 11.0. The molecule has 0 aliphatic carbocycles. The molecule has 1 saturated heterocycles. The first-order valence-corrected chi connectivity index (χ1v) is 5.43. The van der Waals surface area contributed by atoms with Crippen molar-refractivity contribution in [1.82, 2.24) is 4.98 Å². The van der Waals surface area contributed by atoms with Gasteiger partial charge in [0.1, 0.15) is 11.6 Å². The van der Waals surface area contributed by atoms with E-state index in [1.54, 1.807) is 6.20 Å². The van der Waals surface area contributed by atoms with E-state index in [0.29, 0.717) is 18.6 Å². The first kappa shape index (κ1) is 9.65. The smallest absolute Gasteiger partial charge is 0.136 e. The third-order valence-electron chi connectivity index (χ3n) is 2.36. The quantitative estimate of drug-likeness (QED) is 0.769. The monoisotopic (exact) mass is 254 g/mol. The second-order valence-corrected chi connectivity index (χ2v) is 4.28. The number of anilines is 1. The molecule has 0 atom stereocenters. The van der Waals surface area contributed by atoms with E-state index < -0.39 is 0 Å². The highest BCUT2D eigenvalue weighted by Gasteiger charge is 2.16. The van der Waals surface area contributed by atoms with Gasteiger partial charge in [-0.05, 0) is 28.1 Å². The molecule has 2 rings (SSSR count). The molecule has 0 spiro atoms. The number of nitrogens with zero attached hydrogens (tertiary/aromatic N) is 2. The summed E-state index contributed by atoms with van der Waals surface area (Å²) in [6.07, 6.45) is 3.08. The van der Waals surface area contributed by atoms with Crippen molar-refractivity contribution in [3.63, 3.8) is 0 Å². The molecule has 1 aliphatic rings. The molecule has 2 heterocycles. The predicted octanol–water partition coefficient (Wildman–Crippen LogP) is 2.01. The Morgan fingerprint density at radius 3 is 2.57 bits per heavy atom. The minimum atomic E-state index is 0.360. The Morgan fingerprint density at radius 2 is 2.00 bits per heavy atom. The molecule has 0 saturated carbocycles. The number of Topliss-reactive ketones (excluding diaryl/α,β-unsaturated/α-hetero) is 1. The molecule has 0 aromatic carbocycles. The van der Waals surface area contributed by atoms with Crippen molar-refractivity contribution < 1.29 is 4.79 Å². The lowest BCUT2D eigenvalue weighted by Gasteiger charge is -2.26. The van der Waals surface area contributed by atoms with E-state index in [1.807, 2.05) is 12.1 Å². The van der Waals surface area contributed by atoms with Crippen LogP contribution in [0.1, 0.15) is 12.8 Å². The Bertz CT molecular complexity index is 326. The van der Waals surface area contributed by atoms with Gasteiger partial charge in [-0.25, -0.2) is 4.98 Å². The Hall–Kier alpha value is -0.900. The van der Waals surface area contributed by atoms with E-state index in [1.165, 1.54) is 0 Å². The molecule has 1 aromatic rings. The van der Waals surface area contributed by atoms with Crippen molar-refractivity contribution in [2.24, 2.45) is 0 Å². The van der Waals surface area contributed by atoms with Crippen molar-refractivity contribution >= 4 is 27.5 Å². The Kier molecular flexibility index (Phi) is 2.82. The number of ketones is 1. The molecule has 4 heteroatoms. The predicted molar refractivity (Wildman–Crippen MR) is 58.4 cm³/mol. The van der Waals surface area contributed by atoms with Gasteiger partial charge in [0.2, 0.25) is 0 Å². The second-order valence-electron chi connectivity index (χ2n) is 3.36. The summed E-state index contributed by atoms with van der Waals surface area (Å²) in [5.41, 5.74) is 0. The first-order chi connectivity index (χ1) is 6.75. The standard InChI is InChI=1S/C10H11BrN2O/c11-8-1-2-10(12-7-8)13-5-3-9(14)4-6-13/h1-2,7H,3-6H2. The lowest BCUT2D eigenvalue weighted by Crippen LogP contribution is -2.34. The fourth-order valence-electron chi connectivity index (χ4n) is 1.54. The Morgan fingerprint density at radius 1 is 1.29 bits per heavy atom. The maximum Gasteiger partial charge on any atom is 0.136 e. The van der Waals surface area contributed by atoms with E-state index in [-0.39, 0.29) is 0 Å². The van der Waals surface area contributed by atoms with Gasteiger partial charge in [0.25, 0.3) is 0 Å². The number of hydrogen-bond acceptors (Lipinski definition) is 3. The van der Waals surface area contributed by atoms with Gasteiger partial charge in [-0.2, -0.15) is 0 Å². The third-order valence-corrected chi connectivity index (χ3v) is 2.83. The van der Waals surface area contributed by atoms with Gasteiger partial charge in [-0.3, -0.25) is 4.79 Å². The number of halogens is 1. The topological polar surface area (TPSA) is 33.2 Å². The number of rotatable bonds is 1. The number of hydrogen-bond donors (Lipinski definition) is 0. The Balaban J connectivity index is 2.08. The van der Waals surface area contributed by atoms with Crippen LogP contribution in [0.2, 0.25) is 0 Å². The summed E-state index contributed by atoms with van der Waals surface area (Å²) < 4.78 is 0.981. The molecular formula is C10H11BrN2O. The van der Waals surface area contributed by atoms with Crippen LogP contribution in [-0.2, 0) is 4.79 Å². The summed E-state index contributed by atoms with van der Waals surface area (Å²) in [7, 11) is 0. The molecule has 1 aromatic heterocycles.